The van der Waals surface area contributed by atoms with Crippen molar-refractivity contribution >= 4 is 21.6 Å². The van der Waals surface area contributed by atoms with Gasteiger partial charge in [-0.15, -0.1) is 0 Å². The van der Waals surface area contributed by atoms with E-state index in [9.17, 15) is 26.4 Å². The lowest BCUT2D eigenvalue weighted by Gasteiger charge is -2.26. The van der Waals surface area contributed by atoms with Crippen LogP contribution < -0.4 is 5.32 Å². The number of hydrogen-bond donors (Lipinski definition) is 1. The van der Waals surface area contributed by atoms with Crippen LogP contribution in [0.5, 0.6) is 0 Å². The molecule has 0 radical (unpaired) electrons. The maximum absolute atomic E-state index is 12.9. The van der Waals surface area contributed by atoms with Crippen LogP contribution in [0, 0.1) is 0 Å². The first-order valence-electron chi connectivity index (χ1n) is 10.4. The maximum atomic E-state index is 12.9. The molecule has 3 aromatic carbocycles. The minimum absolute atomic E-state index is 0.109. The Balaban J connectivity index is 1.53. The summed E-state index contributed by atoms with van der Waals surface area (Å²) < 4.78 is 70.6. The molecule has 0 atom stereocenters. The van der Waals surface area contributed by atoms with Gasteiger partial charge in [-0.3, -0.25) is 4.79 Å². The van der Waals surface area contributed by atoms with E-state index in [-0.39, 0.29) is 23.5 Å². The first kappa shape index (κ1) is 23.9. The van der Waals surface area contributed by atoms with Crippen molar-refractivity contribution in [1.82, 2.24) is 4.31 Å². The van der Waals surface area contributed by atoms with Gasteiger partial charge in [0.1, 0.15) is 0 Å². The summed E-state index contributed by atoms with van der Waals surface area (Å²) >= 11 is 0. The first-order valence-corrected chi connectivity index (χ1v) is 11.9. The molecular weight excluding hydrogens is 469 g/mol. The van der Waals surface area contributed by atoms with Crippen molar-refractivity contribution < 1.29 is 31.1 Å². The molecule has 178 valence electrons. The summed E-state index contributed by atoms with van der Waals surface area (Å²) in [4.78, 5) is 13.0. The van der Waals surface area contributed by atoms with E-state index in [1.165, 1.54) is 40.7 Å². The van der Waals surface area contributed by atoms with Gasteiger partial charge in [0.25, 0.3) is 5.91 Å². The lowest BCUT2D eigenvalue weighted by molar-refractivity contribution is -0.137. The van der Waals surface area contributed by atoms with Crippen LogP contribution >= 0.6 is 0 Å². The van der Waals surface area contributed by atoms with Crippen molar-refractivity contribution in [3.8, 4) is 11.1 Å². The normalized spacial score (nSPS) is 15.1. The summed E-state index contributed by atoms with van der Waals surface area (Å²) in [6.07, 6.45) is -4.45. The molecule has 10 heteroatoms. The van der Waals surface area contributed by atoms with Crippen LogP contribution in [0.15, 0.2) is 77.7 Å². The van der Waals surface area contributed by atoms with E-state index in [1.54, 1.807) is 24.3 Å². The third-order valence-electron chi connectivity index (χ3n) is 5.41. The smallest absolute Gasteiger partial charge is 0.379 e. The highest BCUT2D eigenvalue weighted by Crippen LogP contribution is 2.32. The van der Waals surface area contributed by atoms with Gasteiger partial charge in [0.05, 0.1) is 23.7 Å². The molecule has 4 rings (SSSR count). The van der Waals surface area contributed by atoms with Crippen LogP contribution in [0.25, 0.3) is 11.1 Å². The predicted molar refractivity (Wildman–Crippen MR) is 121 cm³/mol. The molecule has 1 heterocycles. The summed E-state index contributed by atoms with van der Waals surface area (Å²) in [7, 11) is -3.66. The molecule has 0 spiro atoms. The highest BCUT2D eigenvalue weighted by atomic mass is 32.2. The molecule has 3 aromatic rings. The fraction of sp³-hybridized carbons (Fsp3) is 0.208. The van der Waals surface area contributed by atoms with E-state index in [2.05, 4.69) is 5.32 Å². The fourth-order valence-electron chi connectivity index (χ4n) is 3.62. The number of rotatable bonds is 5. The molecule has 0 aromatic heterocycles. The van der Waals surface area contributed by atoms with Gasteiger partial charge in [0.15, 0.2) is 0 Å². The molecule has 1 aliphatic heterocycles. The van der Waals surface area contributed by atoms with Crippen LogP contribution in [-0.2, 0) is 20.9 Å². The molecule has 6 nitrogen and oxygen atoms in total. The topological polar surface area (TPSA) is 75.7 Å². The zero-order valence-electron chi connectivity index (χ0n) is 17.9. The van der Waals surface area contributed by atoms with Gasteiger partial charge in [0, 0.05) is 24.3 Å². The predicted octanol–water partition coefficient (Wildman–Crippen LogP) is 4.65. The molecule has 0 bridgehead atoms. The Morgan fingerprint density at radius 1 is 0.882 bits per heavy atom. The van der Waals surface area contributed by atoms with Crippen LogP contribution in [0.3, 0.4) is 0 Å². The quantitative estimate of drug-likeness (QED) is 0.565. The van der Waals surface area contributed by atoms with Crippen molar-refractivity contribution in [3.63, 3.8) is 0 Å². The number of ether oxygens (including phenoxy) is 1. The zero-order valence-corrected chi connectivity index (χ0v) is 18.7. The number of benzene rings is 3. The number of morpholine rings is 1. The second kappa shape index (κ2) is 9.57. The van der Waals surface area contributed by atoms with Crippen molar-refractivity contribution in [3.05, 3.63) is 83.9 Å². The number of nitrogens with zero attached hydrogens (tertiary/aromatic N) is 1. The Hall–Kier alpha value is -3.21. The van der Waals surface area contributed by atoms with Crippen molar-refractivity contribution in [2.24, 2.45) is 0 Å². The van der Waals surface area contributed by atoms with Crippen LogP contribution in [0.1, 0.15) is 15.9 Å². The van der Waals surface area contributed by atoms with Crippen molar-refractivity contribution in [2.45, 2.75) is 11.1 Å². The Morgan fingerprint density at radius 2 is 1.50 bits per heavy atom. The molecule has 0 unspecified atom stereocenters. The lowest BCUT2D eigenvalue weighted by Crippen LogP contribution is -2.40. The number of amides is 1. The number of hydrogen-bond acceptors (Lipinski definition) is 4. The van der Waals surface area contributed by atoms with E-state index >= 15 is 0 Å². The minimum Gasteiger partial charge on any atom is -0.379 e. The number of sulfonamides is 1. The summed E-state index contributed by atoms with van der Waals surface area (Å²) in [6, 6.07) is 17.0. The summed E-state index contributed by atoms with van der Waals surface area (Å²) in [5.41, 5.74) is 0.816. The summed E-state index contributed by atoms with van der Waals surface area (Å²) in [6.45, 7) is 1.24. The van der Waals surface area contributed by atoms with Gasteiger partial charge in [-0.1, -0.05) is 30.3 Å². The third kappa shape index (κ3) is 5.14. The van der Waals surface area contributed by atoms with E-state index in [4.69, 9.17) is 4.74 Å². The zero-order chi connectivity index (χ0) is 24.3. The first-order chi connectivity index (χ1) is 16.2. The Labute approximate surface area is 195 Å². The average Bonchev–Trinajstić information content (AvgIpc) is 2.84. The molecular formula is C24H21F3N2O4S. The van der Waals surface area contributed by atoms with Crippen molar-refractivity contribution in [2.75, 3.05) is 31.6 Å². The maximum Gasteiger partial charge on any atom is 0.416 e. The molecule has 34 heavy (non-hydrogen) atoms. The number of carbonyl (C=O) groups is 1. The van der Waals surface area contributed by atoms with E-state index < -0.39 is 27.7 Å². The molecule has 1 N–H and O–H groups in total. The van der Waals surface area contributed by atoms with E-state index in [0.29, 0.717) is 30.0 Å². The van der Waals surface area contributed by atoms with Gasteiger partial charge in [-0.25, -0.2) is 8.42 Å². The number of anilines is 1. The van der Waals surface area contributed by atoms with Gasteiger partial charge < -0.3 is 10.1 Å². The highest BCUT2D eigenvalue weighted by molar-refractivity contribution is 7.89. The molecule has 1 fully saturated rings. The minimum atomic E-state index is -4.45. The second-order valence-electron chi connectivity index (χ2n) is 7.62. The van der Waals surface area contributed by atoms with Gasteiger partial charge in [-0.2, -0.15) is 17.5 Å². The third-order valence-corrected chi connectivity index (χ3v) is 7.33. The van der Waals surface area contributed by atoms with Gasteiger partial charge in [0.2, 0.25) is 10.0 Å². The molecule has 0 saturated carbocycles. The second-order valence-corrected chi connectivity index (χ2v) is 9.55. The number of halogens is 3. The Kier molecular flexibility index (Phi) is 6.74. The van der Waals surface area contributed by atoms with E-state index in [0.717, 1.165) is 12.1 Å². The number of nitrogens with one attached hydrogen (secondary N) is 1. The molecule has 0 aliphatic carbocycles. The van der Waals surface area contributed by atoms with Crippen LogP contribution in [-0.4, -0.2) is 44.9 Å². The average molecular weight is 491 g/mol. The fourth-order valence-corrected chi connectivity index (χ4v) is 5.02. The standard InChI is InChI=1S/C24H21F3N2O4S/c25-24(26,27)18-7-5-17(6-8-18)21-3-1-2-4-22(21)23(30)28-19-9-11-20(12-10-19)34(31,32)29-13-15-33-16-14-29/h1-12H,13-16H2,(H,28,30). The van der Waals surface area contributed by atoms with Crippen LogP contribution in [0.4, 0.5) is 18.9 Å². The van der Waals surface area contributed by atoms with Gasteiger partial charge in [-0.05, 0) is 53.6 Å². The number of alkyl halides is 3. The van der Waals surface area contributed by atoms with Crippen molar-refractivity contribution in [1.29, 1.82) is 0 Å². The summed E-state index contributed by atoms with van der Waals surface area (Å²) in [5.74, 6) is -0.473. The Morgan fingerprint density at radius 3 is 2.12 bits per heavy atom. The largest absolute Gasteiger partial charge is 0.416 e. The van der Waals surface area contributed by atoms with Crippen LogP contribution in [0.2, 0.25) is 0 Å². The Bertz CT molecular complexity index is 1270. The summed E-state index contributed by atoms with van der Waals surface area (Å²) in [5, 5.41) is 2.71. The lowest BCUT2D eigenvalue weighted by atomic mass is 9.98. The highest BCUT2D eigenvalue weighted by Gasteiger charge is 2.30. The molecule has 1 saturated heterocycles. The number of carbonyl (C=O) groups excluding carboxylic acids is 1. The molecule has 1 aliphatic rings. The monoisotopic (exact) mass is 490 g/mol. The van der Waals surface area contributed by atoms with E-state index in [1.807, 2.05) is 0 Å². The SMILES string of the molecule is O=C(Nc1ccc(S(=O)(=O)N2CCOCC2)cc1)c1ccccc1-c1ccc(C(F)(F)F)cc1. The van der Waals surface area contributed by atoms with Gasteiger partial charge >= 0.3 is 6.18 Å². The molecule has 1 amide bonds.